The predicted molar refractivity (Wildman–Crippen MR) is 105 cm³/mol. The highest BCUT2D eigenvalue weighted by Crippen LogP contribution is 2.29. The van der Waals surface area contributed by atoms with Gasteiger partial charge in [0.05, 0.1) is 25.3 Å². The summed E-state index contributed by atoms with van der Waals surface area (Å²) in [6.07, 6.45) is 0.211. The molecule has 0 saturated carbocycles. The summed E-state index contributed by atoms with van der Waals surface area (Å²) in [6.45, 7) is 2.82. The van der Waals surface area contributed by atoms with Crippen LogP contribution in [0, 0.1) is 0 Å². The molecule has 0 atom stereocenters. The summed E-state index contributed by atoms with van der Waals surface area (Å²) in [4.78, 5) is 16.1. The second kappa shape index (κ2) is 8.45. The molecule has 25 heavy (non-hydrogen) atoms. The van der Waals surface area contributed by atoms with Crippen LogP contribution in [-0.2, 0) is 16.0 Å². The SMILES string of the molecule is CCOC(=O)Cc1csc(-c2ccc3ccc(OCCBr)cc3c2)n1. The highest BCUT2D eigenvalue weighted by molar-refractivity contribution is 9.09. The Kier molecular flexibility index (Phi) is 6.04. The minimum atomic E-state index is -0.244. The molecule has 1 heterocycles. The van der Waals surface area contributed by atoms with E-state index in [2.05, 4.69) is 39.1 Å². The molecular weight excluding hydrogens is 402 g/mol. The number of ether oxygens (including phenoxy) is 2. The first-order valence-electron chi connectivity index (χ1n) is 8.02. The monoisotopic (exact) mass is 419 g/mol. The lowest BCUT2D eigenvalue weighted by Crippen LogP contribution is -2.07. The lowest BCUT2D eigenvalue weighted by molar-refractivity contribution is -0.142. The second-order valence-corrected chi connectivity index (χ2v) is 7.04. The van der Waals surface area contributed by atoms with Gasteiger partial charge >= 0.3 is 5.97 Å². The van der Waals surface area contributed by atoms with Crippen molar-refractivity contribution in [3.05, 3.63) is 47.5 Å². The molecule has 2 aromatic carbocycles. The van der Waals surface area contributed by atoms with Crippen molar-refractivity contribution in [2.45, 2.75) is 13.3 Å². The molecule has 0 aliphatic carbocycles. The minimum absolute atomic E-state index is 0.211. The average Bonchev–Trinajstić information content (AvgIpc) is 3.07. The highest BCUT2D eigenvalue weighted by atomic mass is 79.9. The third-order valence-corrected chi connectivity index (χ3v) is 4.85. The summed E-state index contributed by atoms with van der Waals surface area (Å²) >= 11 is 4.90. The lowest BCUT2D eigenvalue weighted by Gasteiger charge is -2.06. The van der Waals surface area contributed by atoms with Crippen molar-refractivity contribution in [3.8, 4) is 16.3 Å². The van der Waals surface area contributed by atoms with Crippen LogP contribution in [0.4, 0.5) is 0 Å². The molecule has 0 aliphatic heterocycles. The van der Waals surface area contributed by atoms with E-state index in [1.54, 1.807) is 6.92 Å². The van der Waals surface area contributed by atoms with Crippen molar-refractivity contribution in [2.24, 2.45) is 0 Å². The number of esters is 1. The van der Waals surface area contributed by atoms with E-state index in [1.807, 2.05) is 23.6 Å². The van der Waals surface area contributed by atoms with Gasteiger partial charge in [-0.1, -0.05) is 34.1 Å². The molecule has 3 aromatic rings. The lowest BCUT2D eigenvalue weighted by atomic mass is 10.1. The molecule has 130 valence electrons. The van der Waals surface area contributed by atoms with Crippen LogP contribution in [0.1, 0.15) is 12.6 Å². The van der Waals surface area contributed by atoms with Crippen LogP contribution < -0.4 is 4.74 Å². The summed E-state index contributed by atoms with van der Waals surface area (Å²) in [5.74, 6) is 0.609. The Morgan fingerprint density at radius 2 is 2.04 bits per heavy atom. The third-order valence-electron chi connectivity index (χ3n) is 3.59. The normalized spacial score (nSPS) is 10.8. The number of nitrogens with zero attached hydrogens (tertiary/aromatic N) is 1. The standard InChI is InChI=1S/C19H18BrNO3S/c1-2-23-18(22)11-16-12-25-19(21-16)14-4-3-13-5-6-17(24-8-7-20)10-15(13)9-14/h3-6,9-10,12H,2,7-8,11H2,1H3. The van der Waals surface area contributed by atoms with Crippen LogP contribution in [0.25, 0.3) is 21.3 Å². The van der Waals surface area contributed by atoms with E-state index in [1.165, 1.54) is 11.3 Å². The maximum atomic E-state index is 11.6. The maximum Gasteiger partial charge on any atom is 0.311 e. The van der Waals surface area contributed by atoms with Gasteiger partial charge < -0.3 is 9.47 Å². The van der Waals surface area contributed by atoms with Crippen LogP contribution in [0.15, 0.2) is 41.8 Å². The first kappa shape index (κ1) is 17.9. The smallest absolute Gasteiger partial charge is 0.311 e. The van der Waals surface area contributed by atoms with E-state index in [9.17, 15) is 4.79 Å². The summed E-state index contributed by atoms with van der Waals surface area (Å²) in [7, 11) is 0. The number of hydrogen-bond acceptors (Lipinski definition) is 5. The van der Waals surface area contributed by atoms with Gasteiger partial charge in [0.1, 0.15) is 10.8 Å². The van der Waals surface area contributed by atoms with E-state index >= 15 is 0 Å². The Morgan fingerprint density at radius 3 is 2.84 bits per heavy atom. The molecule has 0 saturated heterocycles. The van der Waals surface area contributed by atoms with Crippen molar-refractivity contribution in [3.63, 3.8) is 0 Å². The fraction of sp³-hybridized carbons (Fsp3) is 0.263. The molecule has 4 nitrogen and oxygen atoms in total. The van der Waals surface area contributed by atoms with Crippen molar-refractivity contribution < 1.29 is 14.3 Å². The van der Waals surface area contributed by atoms with E-state index in [4.69, 9.17) is 9.47 Å². The van der Waals surface area contributed by atoms with Crippen molar-refractivity contribution >= 4 is 44.0 Å². The largest absolute Gasteiger partial charge is 0.493 e. The molecule has 0 bridgehead atoms. The first-order valence-corrected chi connectivity index (χ1v) is 10.0. The Hall–Kier alpha value is -1.92. The van der Waals surface area contributed by atoms with Crippen molar-refractivity contribution in [2.75, 3.05) is 18.5 Å². The van der Waals surface area contributed by atoms with Gasteiger partial charge in [0.25, 0.3) is 0 Å². The van der Waals surface area contributed by atoms with E-state index in [-0.39, 0.29) is 12.4 Å². The zero-order valence-electron chi connectivity index (χ0n) is 13.8. The van der Waals surface area contributed by atoms with Gasteiger partial charge in [-0.25, -0.2) is 4.98 Å². The summed E-state index contributed by atoms with van der Waals surface area (Å²) < 4.78 is 10.6. The summed E-state index contributed by atoms with van der Waals surface area (Å²) in [5, 5.41) is 5.86. The molecule has 0 spiro atoms. The summed E-state index contributed by atoms with van der Waals surface area (Å²) in [6, 6.07) is 12.3. The molecule has 0 N–H and O–H groups in total. The highest BCUT2D eigenvalue weighted by Gasteiger charge is 2.10. The van der Waals surface area contributed by atoms with E-state index in [0.717, 1.165) is 38.1 Å². The zero-order chi connectivity index (χ0) is 17.6. The molecule has 0 radical (unpaired) electrons. The van der Waals surface area contributed by atoms with Gasteiger partial charge in [-0.05, 0) is 35.9 Å². The van der Waals surface area contributed by atoms with E-state index < -0.39 is 0 Å². The van der Waals surface area contributed by atoms with Crippen LogP contribution in [0.5, 0.6) is 5.75 Å². The second-order valence-electron chi connectivity index (χ2n) is 5.39. The molecule has 0 aliphatic rings. The van der Waals surface area contributed by atoms with Crippen LogP contribution in [0.3, 0.4) is 0 Å². The zero-order valence-corrected chi connectivity index (χ0v) is 16.2. The number of benzene rings is 2. The van der Waals surface area contributed by atoms with Crippen LogP contribution in [0.2, 0.25) is 0 Å². The molecule has 0 unspecified atom stereocenters. The quantitative estimate of drug-likeness (QED) is 0.405. The van der Waals surface area contributed by atoms with Crippen LogP contribution >= 0.6 is 27.3 Å². The topological polar surface area (TPSA) is 48.4 Å². The fourth-order valence-corrected chi connectivity index (χ4v) is 3.46. The Balaban J connectivity index is 1.83. The van der Waals surface area contributed by atoms with Gasteiger partial charge in [-0.15, -0.1) is 11.3 Å². The molecular formula is C19H18BrNO3S. The Morgan fingerprint density at radius 1 is 1.20 bits per heavy atom. The number of thiazole rings is 1. The number of carbonyl (C=O) groups is 1. The maximum absolute atomic E-state index is 11.6. The fourth-order valence-electron chi connectivity index (χ4n) is 2.48. The number of fused-ring (bicyclic) bond motifs is 1. The van der Waals surface area contributed by atoms with Crippen molar-refractivity contribution in [1.29, 1.82) is 0 Å². The van der Waals surface area contributed by atoms with Gasteiger partial charge in [0.2, 0.25) is 0 Å². The predicted octanol–water partition coefficient (Wildman–Crippen LogP) is 4.84. The number of halogens is 1. The Bertz CT molecular complexity index is 878. The summed E-state index contributed by atoms with van der Waals surface area (Å²) in [5.41, 5.74) is 1.78. The van der Waals surface area contributed by atoms with E-state index in [0.29, 0.717) is 13.2 Å². The first-order chi connectivity index (χ1) is 12.2. The minimum Gasteiger partial charge on any atom is -0.493 e. The molecule has 0 fully saturated rings. The number of carbonyl (C=O) groups excluding carboxylic acids is 1. The van der Waals surface area contributed by atoms with Gasteiger partial charge in [-0.3, -0.25) is 4.79 Å². The third kappa shape index (κ3) is 4.58. The van der Waals surface area contributed by atoms with Gasteiger partial charge in [0, 0.05) is 16.3 Å². The average molecular weight is 420 g/mol. The molecule has 1 aromatic heterocycles. The number of rotatable bonds is 7. The number of hydrogen-bond donors (Lipinski definition) is 0. The van der Waals surface area contributed by atoms with Gasteiger partial charge in [0.15, 0.2) is 0 Å². The number of alkyl halides is 1. The molecule has 0 amide bonds. The molecule has 6 heteroatoms. The van der Waals surface area contributed by atoms with Gasteiger partial charge in [-0.2, -0.15) is 0 Å². The Labute approximate surface area is 158 Å². The molecule has 3 rings (SSSR count). The number of aromatic nitrogens is 1. The van der Waals surface area contributed by atoms with Crippen LogP contribution in [-0.4, -0.2) is 29.5 Å². The van der Waals surface area contributed by atoms with Crippen molar-refractivity contribution in [1.82, 2.24) is 4.98 Å².